The average molecular weight is 751 g/mol. The van der Waals surface area contributed by atoms with E-state index in [0.29, 0.717) is 10.8 Å². The summed E-state index contributed by atoms with van der Waals surface area (Å²) in [5.74, 6) is -3.59. The van der Waals surface area contributed by atoms with Gasteiger partial charge in [0.2, 0.25) is 0 Å². The number of nitrogens with two attached hydrogens (primary N) is 3. The fourth-order valence-electron chi connectivity index (χ4n) is 4.69. The molecule has 0 unspecified atom stereocenters. The number of amides is 3. The van der Waals surface area contributed by atoms with Crippen LogP contribution in [0.2, 0.25) is 0 Å². The number of carboxylic acids is 1. The Morgan fingerprint density at radius 3 is 2.31 bits per heavy atom. The van der Waals surface area contributed by atoms with Crippen LogP contribution in [0.4, 0.5) is 5.13 Å². The van der Waals surface area contributed by atoms with E-state index < -0.39 is 58.2 Å². The first-order valence-electron chi connectivity index (χ1n) is 14.9. The number of aromatic nitrogens is 2. The first-order valence-corrected chi connectivity index (χ1v) is 17.1. The van der Waals surface area contributed by atoms with E-state index in [4.69, 9.17) is 31.3 Å². The summed E-state index contributed by atoms with van der Waals surface area (Å²) in [6.07, 6.45) is 0.0334. The Hall–Kier alpha value is -5.26. The molecule has 1 saturated heterocycles. The van der Waals surface area contributed by atoms with Gasteiger partial charge in [-0.2, -0.15) is 18.0 Å². The number of hydroxylamine groups is 2. The number of nitrogens with zero attached hydrogens (tertiary/aromatic N) is 4. The van der Waals surface area contributed by atoms with Gasteiger partial charge in [0, 0.05) is 30.1 Å². The zero-order valence-corrected chi connectivity index (χ0v) is 29.0. The number of carbonyl (C=O) groups is 4. The monoisotopic (exact) mass is 750 g/mol. The number of anilines is 1. The average Bonchev–Trinajstić information content (AvgIpc) is 3.51. The number of nitrogen functional groups attached to an aromatic ring is 1. The second-order valence-electron chi connectivity index (χ2n) is 11.5. The van der Waals surface area contributed by atoms with E-state index in [9.17, 15) is 32.7 Å². The fourth-order valence-corrected chi connectivity index (χ4v) is 5.69. The van der Waals surface area contributed by atoms with Crippen molar-refractivity contribution >= 4 is 56.3 Å². The zero-order chi connectivity index (χ0) is 37.7. The van der Waals surface area contributed by atoms with Gasteiger partial charge >= 0.3 is 22.3 Å². The molecule has 0 spiro atoms. The number of rotatable bonds is 16. The topological polar surface area (TPSA) is 305 Å². The normalized spacial score (nSPS) is 16.3. The lowest BCUT2D eigenvalue weighted by molar-refractivity contribution is -0.673. The number of thiazole rings is 1. The smallest absolute Gasteiger partial charge is 0.418 e. The number of hydrogen-bond donors (Lipinski definition) is 7. The molecule has 4 rings (SSSR count). The van der Waals surface area contributed by atoms with Gasteiger partial charge in [-0.1, -0.05) is 17.3 Å². The molecule has 2 atom stereocenters. The van der Waals surface area contributed by atoms with Crippen LogP contribution in [0.5, 0.6) is 5.75 Å². The molecule has 0 bridgehead atoms. The Bertz CT molecular complexity index is 1930. The third-order valence-corrected chi connectivity index (χ3v) is 8.52. The van der Waals surface area contributed by atoms with Crippen LogP contribution in [0.25, 0.3) is 11.1 Å². The number of aryl methyl sites for hydroxylation is 1. The standard InChI is InChI=1S/C29H35N9O11S2/c1-29(2)23(26(41)38(29)49-51(44,45)46)35-25(40)22(19-14-50-28(32)34-19)36-48-21(27(42)43)13-47-18-7-4-15(5-8-18)16-6-9-20(37(3)12-16)24(39)33-17(10-30)11-31/h4-9,12,14,17,21,23H,10-11,13,30-31H2,1-3H3,(H5-,32,33,34,35,39,40,42,43,44,45,46)/p+1/b36-22-/t21-,23+/m0/s1. The molecule has 20 nitrogen and oxygen atoms in total. The summed E-state index contributed by atoms with van der Waals surface area (Å²) in [4.78, 5) is 59.5. The van der Waals surface area contributed by atoms with Crippen LogP contribution in [0, 0.1) is 0 Å². The Kier molecular flexibility index (Phi) is 11.9. The van der Waals surface area contributed by atoms with E-state index >= 15 is 0 Å². The first-order chi connectivity index (χ1) is 23.9. The van der Waals surface area contributed by atoms with Crippen molar-refractivity contribution in [3.05, 3.63) is 59.4 Å². The van der Waals surface area contributed by atoms with E-state index in [1.807, 2.05) is 0 Å². The van der Waals surface area contributed by atoms with Crippen molar-refractivity contribution in [3.8, 4) is 16.9 Å². The van der Waals surface area contributed by atoms with E-state index in [1.165, 1.54) is 19.2 Å². The van der Waals surface area contributed by atoms with Crippen molar-refractivity contribution in [2.75, 3.05) is 25.4 Å². The van der Waals surface area contributed by atoms with Gasteiger partial charge in [0.15, 0.2) is 17.0 Å². The maximum atomic E-state index is 13.2. The van der Waals surface area contributed by atoms with Crippen molar-refractivity contribution < 1.29 is 55.7 Å². The number of pyridine rings is 1. The van der Waals surface area contributed by atoms with Crippen LogP contribution < -0.4 is 37.1 Å². The molecule has 3 heterocycles. The third kappa shape index (κ3) is 9.30. The minimum Gasteiger partial charge on any atom is -0.489 e. The quantitative estimate of drug-likeness (QED) is 0.0283. The minimum atomic E-state index is -5.03. The molecule has 274 valence electrons. The molecule has 51 heavy (non-hydrogen) atoms. The second kappa shape index (κ2) is 15.7. The molecule has 10 N–H and O–H groups in total. The number of benzene rings is 1. The molecule has 1 aromatic carbocycles. The van der Waals surface area contributed by atoms with E-state index in [2.05, 4.69) is 25.1 Å². The lowest BCUT2D eigenvalue weighted by atomic mass is 9.84. The Balaban J connectivity index is 1.43. The maximum Gasteiger partial charge on any atom is 0.418 e. The van der Waals surface area contributed by atoms with E-state index in [-0.39, 0.29) is 41.6 Å². The molecule has 2 aromatic heterocycles. The van der Waals surface area contributed by atoms with Gasteiger partial charge < -0.3 is 42.5 Å². The van der Waals surface area contributed by atoms with Gasteiger partial charge in [0.05, 0.1) is 11.6 Å². The third-order valence-electron chi connectivity index (χ3n) is 7.51. The molecule has 0 saturated carbocycles. The molecule has 1 aliphatic rings. The lowest BCUT2D eigenvalue weighted by Gasteiger charge is -2.50. The van der Waals surface area contributed by atoms with Crippen molar-refractivity contribution in [1.82, 2.24) is 20.7 Å². The summed E-state index contributed by atoms with van der Waals surface area (Å²) in [6.45, 7) is 2.56. The minimum absolute atomic E-state index is 0.0400. The molecular formula is C29H36N9O11S2+. The Morgan fingerprint density at radius 1 is 1.14 bits per heavy atom. The molecule has 3 aromatic rings. The molecule has 22 heteroatoms. The van der Waals surface area contributed by atoms with Gasteiger partial charge in [0.1, 0.15) is 31.1 Å². The predicted octanol–water partition coefficient (Wildman–Crippen LogP) is -1.67. The van der Waals surface area contributed by atoms with Crippen molar-refractivity contribution in [1.29, 1.82) is 0 Å². The van der Waals surface area contributed by atoms with Gasteiger partial charge in [-0.25, -0.2) is 9.78 Å². The fraction of sp³-hybridized carbons (Fsp3) is 0.345. The molecule has 1 fully saturated rings. The number of β-lactam (4-membered cyclic amide) rings is 1. The van der Waals surface area contributed by atoms with Gasteiger partial charge in [-0.3, -0.25) is 18.9 Å². The Morgan fingerprint density at radius 2 is 1.78 bits per heavy atom. The van der Waals surface area contributed by atoms with Gasteiger partial charge in [0.25, 0.3) is 23.6 Å². The predicted molar refractivity (Wildman–Crippen MR) is 179 cm³/mol. The van der Waals surface area contributed by atoms with Crippen LogP contribution in [0.3, 0.4) is 0 Å². The van der Waals surface area contributed by atoms with Crippen LogP contribution in [0.15, 0.2) is 53.1 Å². The van der Waals surface area contributed by atoms with Crippen LogP contribution in [0.1, 0.15) is 30.0 Å². The number of aliphatic carboxylic acids is 1. The number of ether oxygens (including phenoxy) is 1. The summed E-state index contributed by atoms with van der Waals surface area (Å²) < 4.78 is 42.7. The van der Waals surface area contributed by atoms with E-state index in [1.54, 1.807) is 54.2 Å². The molecule has 0 radical (unpaired) electrons. The maximum absolute atomic E-state index is 13.2. The number of hydrogen-bond acceptors (Lipinski definition) is 15. The van der Waals surface area contributed by atoms with Crippen molar-refractivity contribution in [2.24, 2.45) is 23.7 Å². The highest BCUT2D eigenvalue weighted by atomic mass is 32.3. The summed E-state index contributed by atoms with van der Waals surface area (Å²) in [7, 11) is -3.32. The van der Waals surface area contributed by atoms with Crippen molar-refractivity contribution in [2.45, 2.75) is 37.6 Å². The summed E-state index contributed by atoms with van der Waals surface area (Å²) in [5.41, 5.74) is 16.8. The van der Waals surface area contributed by atoms with Gasteiger partial charge in [-0.15, -0.1) is 15.6 Å². The highest BCUT2D eigenvalue weighted by Gasteiger charge is 2.58. The SMILES string of the molecule is C[n+]1cc(-c2ccc(OC[C@H](O/N=C(\C(=O)N[C@@H]3C(=O)N(OS(=O)(=O)O)C3(C)C)c3csc(N)n3)C(=O)O)cc2)ccc1C(=O)NC(CN)CN. The molecule has 0 aliphatic carbocycles. The highest BCUT2D eigenvalue weighted by molar-refractivity contribution is 7.80. The Labute approximate surface area is 295 Å². The molecule has 1 aliphatic heterocycles. The largest absolute Gasteiger partial charge is 0.489 e. The number of nitrogens with one attached hydrogen (secondary N) is 2. The number of oxime groups is 1. The molecular weight excluding hydrogens is 715 g/mol. The van der Waals surface area contributed by atoms with Crippen LogP contribution in [-0.4, -0.2) is 101 Å². The van der Waals surface area contributed by atoms with Crippen LogP contribution in [-0.2, 0) is 41.0 Å². The highest BCUT2D eigenvalue weighted by Crippen LogP contribution is 2.33. The summed E-state index contributed by atoms with van der Waals surface area (Å²) in [6, 6.07) is 8.33. The zero-order valence-electron chi connectivity index (χ0n) is 27.4. The van der Waals surface area contributed by atoms with E-state index in [0.717, 1.165) is 22.5 Å². The van der Waals surface area contributed by atoms with Crippen LogP contribution >= 0.6 is 11.3 Å². The van der Waals surface area contributed by atoms with Gasteiger partial charge in [-0.05, 0) is 37.6 Å². The number of carbonyl (C=O) groups excluding carboxylic acids is 3. The van der Waals surface area contributed by atoms with Crippen molar-refractivity contribution in [3.63, 3.8) is 0 Å². The first kappa shape index (κ1) is 38.5. The summed E-state index contributed by atoms with van der Waals surface area (Å²) >= 11 is 0.942. The molecule has 3 amide bonds. The lowest BCUT2D eigenvalue weighted by Crippen LogP contribution is -2.76. The number of carboxylic acid groups (broad SMARTS) is 1. The second-order valence-corrected chi connectivity index (χ2v) is 13.4. The summed E-state index contributed by atoms with van der Waals surface area (Å²) in [5, 5.41) is 20.3.